The van der Waals surface area contributed by atoms with E-state index in [9.17, 15) is 19.5 Å². The van der Waals surface area contributed by atoms with E-state index >= 15 is 0 Å². The summed E-state index contributed by atoms with van der Waals surface area (Å²) in [7, 11) is 5.11. The van der Waals surface area contributed by atoms with Gasteiger partial charge in [-0.05, 0) is 37.1 Å². The van der Waals surface area contributed by atoms with E-state index in [0.29, 0.717) is 30.8 Å². The van der Waals surface area contributed by atoms with Crippen molar-refractivity contribution in [2.45, 2.75) is 39.3 Å². The zero-order chi connectivity index (χ0) is 28.0. The van der Waals surface area contributed by atoms with Crippen LogP contribution in [0.4, 0.5) is 4.79 Å². The number of nitrogens with one attached hydrogen (secondary N) is 1. The first-order valence-electron chi connectivity index (χ1n) is 13.0. The molecule has 2 heterocycles. The summed E-state index contributed by atoms with van der Waals surface area (Å²) < 4.78 is 6.28. The van der Waals surface area contributed by atoms with E-state index in [-0.39, 0.29) is 41.8 Å². The minimum atomic E-state index is -0.428. The zero-order valence-corrected chi connectivity index (χ0v) is 23.1. The number of nitrogens with zero attached hydrogens (tertiary/aromatic N) is 4. The number of amides is 4. The van der Waals surface area contributed by atoms with Crippen LogP contribution in [-0.2, 0) is 0 Å². The van der Waals surface area contributed by atoms with Crippen molar-refractivity contribution in [3.8, 4) is 17.0 Å². The Labute approximate surface area is 224 Å². The van der Waals surface area contributed by atoms with E-state index in [2.05, 4.69) is 10.3 Å². The van der Waals surface area contributed by atoms with Crippen molar-refractivity contribution in [1.29, 1.82) is 0 Å². The van der Waals surface area contributed by atoms with Crippen LogP contribution in [0, 0.1) is 5.92 Å². The van der Waals surface area contributed by atoms with E-state index in [0.717, 1.165) is 12.0 Å². The second kappa shape index (κ2) is 12.7. The van der Waals surface area contributed by atoms with Crippen LogP contribution in [0.25, 0.3) is 11.1 Å². The van der Waals surface area contributed by atoms with Crippen LogP contribution in [0.2, 0.25) is 0 Å². The van der Waals surface area contributed by atoms with Crippen molar-refractivity contribution in [2.75, 3.05) is 47.4 Å². The second-order valence-corrected chi connectivity index (χ2v) is 10.1. The van der Waals surface area contributed by atoms with Gasteiger partial charge >= 0.3 is 6.03 Å². The molecule has 1 aromatic heterocycles. The number of hydrogen-bond donors (Lipinski definition) is 2. The third kappa shape index (κ3) is 6.61. The first kappa shape index (κ1) is 28.9. The minimum Gasteiger partial charge on any atom is -0.472 e. The van der Waals surface area contributed by atoms with Gasteiger partial charge in [0.2, 0.25) is 5.88 Å². The number of aliphatic hydroxyl groups is 1. The lowest BCUT2D eigenvalue weighted by molar-refractivity contribution is 0.0352. The number of fused-ring (bicyclic) bond motifs is 1. The SMILES string of the molecule is CCCNC(=O)N(C)C[C@@H]1Oc2ncc(-c3ccc(C(=O)N(C)C)cc3)cc2C(=O)N([C@@H](C)CO)C[C@H]1C. The molecule has 0 bridgehead atoms. The van der Waals surface area contributed by atoms with Gasteiger partial charge in [0.25, 0.3) is 11.8 Å². The molecule has 0 unspecified atom stereocenters. The van der Waals surface area contributed by atoms with Crippen molar-refractivity contribution in [2.24, 2.45) is 5.92 Å². The van der Waals surface area contributed by atoms with E-state index in [1.54, 1.807) is 62.3 Å². The average Bonchev–Trinajstić information content (AvgIpc) is 2.92. The zero-order valence-electron chi connectivity index (χ0n) is 23.1. The van der Waals surface area contributed by atoms with Gasteiger partial charge in [-0.3, -0.25) is 9.59 Å². The number of carbonyl (C=O) groups excluding carboxylic acids is 3. The molecule has 10 heteroatoms. The summed E-state index contributed by atoms with van der Waals surface area (Å²) in [6.07, 6.45) is 2.04. The number of ether oxygens (including phenoxy) is 1. The highest BCUT2D eigenvalue weighted by molar-refractivity contribution is 5.98. The molecule has 0 fully saturated rings. The van der Waals surface area contributed by atoms with Crippen molar-refractivity contribution in [3.63, 3.8) is 0 Å². The lowest BCUT2D eigenvalue weighted by Gasteiger charge is -2.37. The van der Waals surface area contributed by atoms with Crippen molar-refractivity contribution >= 4 is 17.8 Å². The maximum atomic E-state index is 13.7. The average molecular weight is 526 g/mol. The molecule has 1 aromatic carbocycles. The topological polar surface area (TPSA) is 115 Å². The summed E-state index contributed by atoms with van der Waals surface area (Å²) in [5.74, 6) is -0.328. The Hall–Kier alpha value is -3.66. The smallest absolute Gasteiger partial charge is 0.317 e. The molecule has 10 nitrogen and oxygen atoms in total. The molecule has 2 aromatic rings. The summed E-state index contributed by atoms with van der Waals surface area (Å²) in [5, 5.41) is 12.7. The van der Waals surface area contributed by atoms with Crippen molar-refractivity contribution in [1.82, 2.24) is 25.0 Å². The number of rotatable bonds is 8. The molecule has 1 aliphatic rings. The fourth-order valence-electron chi connectivity index (χ4n) is 4.26. The van der Waals surface area contributed by atoms with E-state index in [1.807, 2.05) is 26.0 Å². The van der Waals surface area contributed by atoms with Crippen LogP contribution < -0.4 is 10.1 Å². The predicted octanol–water partition coefficient (Wildman–Crippen LogP) is 2.72. The fourth-order valence-corrected chi connectivity index (χ4v) is 4.26. The first-order valence-corrected chi connectivity index (χ1v) is 13.0. The van der Waals surface area contributed by atoms with Gasteiger partial charge in [-0.2, -0.15) is 0 Å². The molecular formula is C28H39N5O5. The number of hydrogen-bond acceptors (Lipinski definition) is 6. The van der Waals surface area contributed by atoms with Crippen LogP contribution in [-0.4, -0.2) is 102 Å². The number of urea groups is 1. The quantitative estimate of drug-likeness (QED) is 0.548. The second-order valence-electron chi connectivity index (χ2n) is 10.1. The molecule has 0 radical (unpaired) electrons. The number of aliphatic hydroxyl groups excluding tert-OH is 1. The largest absolute Gasteiger partial charge is 0.472 e. The van der Waals surface area contributed by atoms with E-state index < -0.39 is 12.1 Å². The lowest BCUT2D eigenvalue weighted by Crippen LogP contribution is -2.51. The molecule has 3 atom stereocenters. The van der Waals surface area contributed by atoms with Crippen molar-refractivity contribution in [3.05, 3.63) is 47.7 Å². The summed E-state index contributed by atoms with van der Waals surface area (Å²) in [5.41, 5.74) is 2.34. The molecule has 0 aliphatic carbocycles. The molecule has 1 aliphatic heterocycles. The normalized spacial score (nSPS) is 18.0. The van der Waals surface area contributed by atoms with Crippen LogP contribution in [0.5, 0.6) is 5.88 Å². The maximum Gasteiger partial charge on any atom is 0.317 e. The lowest BCUT2D eigenvalue weighted by atomic mass is 9.99. The molecule has 0 saturated heterocycles. The maximum absolute atomic E-state index is 13.7. The monoisotopic (exact) mass is 525 g/mol. The Morgan fingerprint density at radius 3 is 2.50 bits per heavy atom. The minimum absolute atomic E-state index is 0.0985. The number of aromatic nitrogens is 1. The van der Waals surface area contributed by atoms with Gasteiger partial charge < -0.3 is 29.9 Å². The first-order chi connectivity index (χ1) is 18.1. The summed E-state index contributed by atoms with van der Waals surface area (Å²) >= 11 is 0. The Balaban J connectivity index is 1.96. The Morgan fingerprint density at radius 2 is 1.89 bits per heavy atom. The van der Waals surface area contributed by atoms with E-state index in [4.69, 9.17) is 4.74 Å². The number of carbonyl (C=O) groups is 3. The van der Waals surface area contributed by atoms with Crippen molar-refractivity contribution < 1.29 is 24.2 Å². The number of benzene rings is 1. The summed E-state index contributed by atoms with van der Waals surface area (Å²) in [4.78, 5) is 47.6. The Bertz CT molecular complexity index is 1140. The molecule has 3 rings (SSSR count). The highest BCUT2D eigenvalue weighted by Crippen LogP contribution is 2.30. The van der Waals surface area contributed by atoms with Gasteiger partial charge in [-0.15, -0.1) is 0 Å². The molecule has 4 amide bonds. The molecule has 0 saturated carbocycles. The van der Waals surface area contributed by atoms with Gasteiger partial charge in [-0.25, -0.2) is 9.78 Å². The van der Waals surface area contributed by atoms with Crippen LogP contribution in [0.1, 0.15) is 47.9 Å². The highest BCUT2D eigenvalue weighted by Gasteiger charge is 2.34. The van der Waals surface area contributed by atoms with E-state index in [1.165, 1.54) is 4.90 Å². The number of likely N-dealkylation sites (N-methyl/N-ethyl adjacent to an activating group) is 1. The van der Waals surface area contributed by atoms with Gasteiger partial charge in [0.05, 0.1) is 19.2 Å². The van der Waals surface area contributed by atoms with Crippen LogP contribution in [0.15, 0.2) is 36.5 Å². The highest BCUT2D eigenvalue weighted by atomic mass is 16.5. The van der Waals surface area contributed by atoms with Crippen LogP contribution in [0.3, 0.4) is 0 Å². The van der Waals surface area contributed by atoms with Crippen LogP contribution >= 0.6 is 0 Å². The molecule has 2 N–H and O–H groups in total. The molecule has 38 heavy (non-hydrogen) atoms. The fraction of sp³-hybridized carbons (Fsp3) is 0.500. The summed E-state index contributed by atoms with van der Waals surface area (Å²) in [6.45, 7) is 6.79. The van der Waals surface area contributed by atoms with Gasteiger partial charge in [0, 0.05) is 57.5 Å². The van der Waals surface area contributed by atoms with Gasteiger partial charge in [-0.1, -0.05) is 26.0 Å². The molecule has 0 spiro atoms. The molecular weight excluding hydrogens is 486 g/mol. The number of pyridine rings is 1. The standard InChI is InChI=1S/C28H39N5O5/c1-7-12-29-28(37)32(6)16-24-18(2)15-33(19(3)17-34)27(36)23-13-22(14-30-25(23)38-24)20-8-10-21(11-9-20)26(35)31(4)5/h8-11,13-14,18-19,24,34H,7,12,15-17H2,1-6H3,(H,29,37)/t18-,19+,24+/m1/s1. The van der Waals surface area contributed by atoms with Gasteiger partial charge in [0.1, 0.15) is 11.7 Å². The molecule has 206 valence electrons. The third-order valence-electron chi connectivity index (χ3n) is 6.72. The van der Waals surface area contributed by atoms with Gasteiger partial charge in [0.15, 0.2) is 0 Å². The summed E-state index contributed by atoms with van der Waals surface area (Å²) in [6, 6.07) is 8.24. The predicted molar refractivity (Wildman–Crippen MR) is 145 cm³/mol. The Kier molecular flexibility index (Phi) is 9.68. The Morgan fingerprint density at radius 1 is 1.21 bits per heavy atom. The third-order valence-corrected chi connectivity index (χ3v) is 6.72.